The van der Waals surface area contributed by atoms with Crippen molar-refractivity contribution in [3.8, 4) is 0 Å². The molecule has 0 aliphatic heterocycles. The Morgan fingerprint density at radius 3 is 2.76 bits per heavy atom. The van der Waals surface area contributed by atoms with E-state index >= 15 is 0 Å². The molecule has 0 bridgehead atoms. The number of rotatable bonds is 3. The first-order chi connectivity index (χ1) is 12.2. The molecular formula is C17H22N6O2. The zero-order valence-corrected chi connectivity index (χ0v) is 14.1. The Hall–Kier alpha value is -2.51. The molecule has 2 aliphatic rings. The SMILES string of the molecule is O=C(NC1CCC(n2nc3c(cc2=O)CCCC3)CC1)c1ncn[nH]1. The van der Waals surface area contributed by atoms with Crippen molar-refractivity contribution < 1.29 is 4.79 Å². The van der Waals surface area contributed by atoms with Gasteiger partial charge in [-0.1, -0.05) is 0 Å². The minimum absolute atomic E-state index is 0.00907. The Bertz CT molecular complexity index is 805. The molecule has 0 saturated heterocycles. The van der Waals surface area contributed by atoms with Crippen LogP contribution in [-0.2, 0) is 12.8 Å². The van der Waals surface area contributed by atoms with Crippen molar-refractivity contribution >= 4 is 5.91 Å². The van der Waals surface area contributed by atoms with E-state index in [1.54, 1.807) is 10.7 Å². The Labute approximate surface area is 145 Å². The van der Waals surface area contributed by atoms with Crippen LogP contribution in [-0.4, -0.2) is 36.9 Å². The van der Waals surface area contributed by atoms with Gasteiger partial charge in [0.1, 0.15) is 6.33 Å². The fourth-order valence-electron chi connectivity index (χ4n) is 3.87. The lowest BCUT2D eigenvalue weighted by atomic mass is 9.91. The van der Waals surface area contributed by atoms with E-state index in [-0.39, 0.29) is 29.4 Å². The van der Waals surface area contributed by atoms with Crippen LogP contribution in [0.15, 0.2) is 17.2 Å². The minimum Gasteiger partial charge on any atom is -0.347 e. The van der Waals surface area contributed by atoms with Crippen LogP contribution < -0.4 is 10.9 Å². The summed E-state index contributed by atoms with van der Waals surface area (Å²) in [5.41, 5.74) is 2.22. The second kappa shape index (κ2) is 6.78. The fourth-order valence-corrected chi connectivity index (χ4v) is 3.87. The zero-order chi connectivity index (χ0) is 17.2. The van der Waals surface area contributed by atoms with Crippen molar-refractivity contribution in [2.75, 3.05) is 0 Å². The number of aromatic amines is 1. The van der Waals surface area contributed by atoms with E-state index in [0.29, 0.717) is 0 Å². The summed E-state index contributed by atoms with van der Waals surface area (Å²) in [4.78, 5) is 28.3. The smallest absolute Gasteiger partial charge is 0.288 e. The summed E-state index contributed by atoms with van der Waals surface area (Å²) in [5, 5.41) is 13.9. The Balaban J connectivity index is 1.40. The normalized spacial score (nSPS) is 23.0. The van der Waals surface area contributed by atoms with Gasteiger partial charge in [-0.2, -0.15) is 10.2 Å². The maximum atomic E-state index is 12.4. The van der Waals surface area contributed by atoms with Crippen molar-refractivity contribution in [1.29, 1.82) is 0 Å². The maximum Gasteiger partial charge on any atom is 0.288 e. The van der Waals surface area contributed by atoms with Gasteiger partial charge in [0, 0.05) is 12.1 Å². The molecule has 1 fully saturated rings. The summed E-state index contributed by atoms with van der Waals surface area (Å²) < 4.78 is 1.68. The lowest BCUT2D eigenvalue weighted by molar-refractivity contribution is 0.0911. The predicted molar refractivity (Wildman–Crippen MR) is 90.3 cm³/mol. The Kier molecular flexibility index (Phi) is 4.33. The summed E-state index contributed by atoms with van der Waals surface area (Å²) in [6.45, 7) is 0. The molecule has 8 nitrogen and oxygen atoms in total. The number of aromatic nitrogens is 5. The number of hydrogen-bond acceptors (Lipinski definition) is 5. The lowest BCUT2D eigenvalue weighted by Gasteiger charge is -2.30. The summed E-state index contributed by atoms with van der Waals surface area (Å²) in [6.07, 6.45) is 8.90. The van der Waals surface area contributed by atoms with Crippen LogP contribution >= 0.6 is 0 Å². The average Bonchev–Trinajstić information content (AvgIpc) is 3.17. The Morgan fingerprint density at radius 1 is 1.20 bits per heavy atom. The molecule has 4 rings (SSSR count). The topological polar surface area (TPSA) is 106 Å². The van der Waals surface area contributed by atoms with Gasteiger partial charge in [0.05, 0.1) is 11.7 Å². The molecule has 132 valence electrons. The Morgan fingerprint density at radius 2 is 2.00 bits per heavy atom. The maximum absolute atomic E-state index is 12.4. The van der Waals surface area contributed by atoms with E-state index in [1.807, 2.05) is 0 Å². The molecule has 8 heteroatoms. The third kappa shape index (κ3) is 3.33. The zero-order valence-electron chi connectivity index (χ0n) is 14.1. The molecule has 25 heavy (non-hydrogen) atoms. The molecule has 1 amide bonds. The molecule has 1 saturated carbocycles. The number of H-pyrrole nitrogens is 1. The van der Waals surface area contributed by atoms with Crippen LogP contribution in [0.1, 0.15) is 66.4 Å². The van der Waals surface area contributed by atoms with Gasteiger partial charge in [-0.25, -0.2) is 9.67 Å². The molecule has 0 aromatic carbocycles. The van der Waals surface area contributed by atoms with Gasteiger partial charge in [0.15, 0.2) is 0 Å². The van der Waals surface area contributed by atoms with Gasteiger partial charge >= 0.3 is 0 Å². The van der Waals surface area contributed by atoms with E-state index in [2.05, 4.69) is 25.6 Å². The second-order valence-corrected chi connectivity index (χ2v) is 6.92. The molecule has 2 aromatic heterocycles. The molecule has 2 aliphatic carbocycles. The number of carbonyl (C=O) groups is 1. The van der Waals surface area contributed by atoms with Gasteiger partial charge in [-0.15, -0.1) is 0 Å². The summed E-state index contributed by atoms with van der Waals surface area (Å²) >= 11 is 0. The van der Waals surface area contributed by atoms with E-state index in [1.165, 1.54) is 6.33 Å². The molecular weight excluding hydrogens is 320 g/mol. The van der Waals surface area contributed by atoms with Crippen molar-refractivity contribution in [3.05, 3.63) is 39.8 Å². The van der Waals surface area contributed by atoms with Crippen molar-refractivity contribution in [3.63, 3.8) is 0 Å². The lowest BCUT2D eigenvalue weighted by Crippen LogP contribution is -2.40. The fraction of sp³-hybridized carbons (Fsp3) is 0.588. The van der Waals surface area contributed by atoms with Crippen LogP contribution in [0.5, 0.6) is 0 Å². The van der Waals surface area contributed by atoms with Crippen molar-refractivity contribution in [1.82, 2.24) is 30.3 Å². The third-order valence-corrected chi connectivity index (χ3v) is 5.24. The van der Waals surface area contributed by atoms with Crippen LogP contribution in [0, 0.1) is 0 Å². The van der Waals surface area contributed by atoms with Gasteiger partial charge in [-0.3, -0.25) is 14.7 Å². The van der Waals surface area contributed by atoms with E-state index in [9.17, 15) is 9.59 Å². The summed E-state index contributed by atoms with van der Waals surface area (Å²) in [7, 11) is 0. The first-order valence-electron chi connectivity index (χ1n) is 8.98. The summed E-state index contributed by atoms with van der Waals surface area (Å²) in [6, 6.07) is 2.00. The van der Waals surface area contributed by atoms with E-state index in [0.717, 1.165) is 62.6 Å². The number of nitrogens with zero attached hydrogens (tertiary/aromatic N) is 4. The number of aryl methyl sites for hydroxylation is 2. The van der Waals surface area contributed by atoms with E-state index < -0.39 is 0 Å². The number of amides is 1. The highest BCUT2D eigenvalue weighted by Gasteiger charge is 2.26. The third-order valence-electron chi connectivity index (χ3n) is 5.24. The monoisotopic (exact) mass is 342 g/mol. The van der Waals surface area contributed by atoms with Crippen LogP contribution in [0.25, 0.3) is 0 Å². The predicted octanol–water partition coefficient (Wildman–Crippen LogP) is 1.15. The molecule has 0 spiro atoms. The quantitative estimate of drug-likeness (QED) is 0.870. The first kappa shape index (κ1) is 16.0. The number of carbonyl (C=O) groups excluding carboxylic acids is 1. The molecule has 2 aromatic rings. The van der Waals surface area contributed by atoms with Crippen LogP contribution in [0.2, 0.25) is 0 Å². The first-order valence-corrected chi connectivity index (χ1v) is 8.98. The van der Waals surface area contributed by atoms with Gasteiger partial charge in [-0.05, 0) is 56.9 Å². The number of nitrogens with one attached hydrogen (secondary N) is 2. The van der Waals surface area contributed by atoms with Gasteiger partial charge < -0.3 is 5.32 Å². The van der Waals surface area contributed by atoms with Gasteiger partial charge in [0.25, 0.3) is 11.5 Å². The van der Waals surface area contributed by atoms with Crippen molar-refractivity contribution in [2.45, 2.75) is 63.5 Å². The van der Waals surface area contributed by atoms with Crippen LogP contribution in [0.3, 0.4) is 0 Å². The highest BCUT2D eigenvalue weighted by Crippen LogP contribution is 2.28. The molecule has 2 heterocycles. The molecule has 0 unspecified atom stereocenters. The van der Waals surface area contributed by atoms with Crippen molar-refractivity contribution in [2.24, 2.45) is 0 Å². The molecule has 2 N–H and O–H groups in total. The van der Waals surface area contributed by atoms with E-state index in [4.69, 9.17) is 0 Å². The molecule has 0 atom stereocenters. The highest BCUT2D eigenvalue weighted by atomic mass is 16.2. The minimum atomic E-state index is -0.231. The average molecular weight is 342 g/mol. The molecule has 0 radical (unpaired) electrons. The van der Waals surface area contributed by atoms with Gasteiger partial charge in [0.2, 0.25) is 5.82 Å². The number of hydrogen-bond donors (Lipinski definition) is 2. The largest absolute Gasteiger partial charge is 0.347 e. The van der Waals surface area contributed by atoms with Crippen LogP contribution in [0.4, 0.5) is 0 Å². The number of fused-ring (bicyclic) bond motifs is 1. The summed E-state index contributed by atoms with van der Waals surface area (Å²) in [5.74, 6) is -0.000260. The standard InChI is InChI=1S/C17H22N6O2/c24-15-9-11-3-1-2-4-14(11)22-23(15)13-7-5-12(6-8-13)20-17(25)16-18-10-19-21-16/h9-10,12-13H,1-8H2,(H,20,25)(H,18,19,21). The second-order valence-electron chi connectivity index (χ2n) is 6.92. The highest BCUT2D eigenvalue weighted by molar-refractivity contribution is 5.90.